The van der Waals surface area contributed by atoms with Crippen molar-refractivity contribution >= 4 is 52.2 Å². The summed E-state index contributed by atoms with van der Waals surface area (Å²) < 4.78 is 0. The lowest BCUT2D eigenvalue weighted by molar-refractivity contribution is -0.127. The number of anilines is 1. The van der Waals surface area contributed by atoms with Gasteiger partial charge in [-0.25, -0.2) is 0 Å². The zero-order valence-corrected chi connectivity index (χ0v) is 16.4. The molecule has 3 rings (SSSR count). The first-order chi connectivity index (χ1) is 12.8. The molecule has 1 aliphatic rings. The highest BCUT2D eigenvalue weighted by atomic mass is 35.5. The summed E-state index contributed by atoms with van der Waals surface area (Å²) in [4.78, 5) is 38.1. The Bertz CT molecular complexity index is 954. The predicted octanol–water partition coefficient (Wildman–Crippen LogP) is 4.63. The van der Waals surface area contributed by atoms with E-state index in [1.54, 1.807) is 24.3 Å². The molecule has 0 bridgehead atoms. The zero-order chi connectivity index (χ0) is 19.6. The molecule has 3 amide bonds. The maximum absolute atomic E-state index is 12.5. The Hall–Kier alpha value is -2.57. The number of imide groups is 1. The van der Waals surface area contributed by atoms with E-state index in [1.165, 1.54) is 0 Å². The highest BCUT2D eigenvalue weighted by molar-refractivity contribution is 8.18. The van der Waals surface area contributed by atoms with Gasteiger partial charge in [-0.05, 0) is 54.9 Å². The van der Waals surface area contributed by atoms with Crippen LogP contribution in [0.5, 0.6) is 0 Å². The van der Waals surface area contributed by atoms with Crippen molar-refractivity contribution in [3.05, 3.63) is 69.1 Å². The van der Waals surface area contributed by atoms with Gasteiger partial charge in [0, 0.05) is 10.7 Å². The van der Waals surface area contributed by atoms with Gasteiger partial charge in [0.15, 0.2) is 0 Å². The van der Waals surface area contributed by atoms with E-state index in [2.05, 4.69) is 5.32 Å². The van der Waals surface area contributed by atoms with E-state index in [0.717, 1.165) is 33.4 Å². The molecule has 138 valence electrons. The molecule has 0 atom stereocenters. The van der Waals surface area contributed by atoms with Crippen LogP contribution in [0.1, 0.15) is 16.7 Å². The first kappa shape index (κ1) is 19.2. The molecule has 1 heterocycles. The first-order valence-electron chi connectivity index (χ1n) is 8.21. The number of thioether (sulfide) groups is 1. The average Bonchev–Trinajstić information content (AvgIpc) is 2.87. The SMILES string of the molecule is Cc1ccc(/C=C2/SC(=O)N(CC(=O)Nc3ccc(C)c(Cl)c3)C2=O)cc1. The van der Waals surface area contributed by atoms with Crippen LogP contribution < -0.4 is 5.32 Å². The number of nitrogens with one attached hydrogen (secondary N) is 1. The lowest BCUT2D eigenvalue weighted by Crippen LogP contribution is -2.36. The van der Waals surface area contributed by atoms with Gasteiger partial charge in [-0.2, -0.15) is 0 Å². The number of rotatable bonds is 4. The van der Waals surface area contributed by atoms with Crippen LogP contribution in [0, 0.1) is 13.8 Å². The molecule has 0 aliphatic carbocycles. The van der Waals surface area contributed by atoms with Crippen LogP contribution in [-0.4, -0.2) is 28.5 Å². The van der Waals surface area contributed by atoms with Crippen molar-refractivity contribution in [2.75, 3.05) is 11.9 Å². The second-order valence-electron chi connectivity index (χ2n) is 6.19. The molecule has 7 heteroatoms. The van der Waals surface area contributed by atoms with Crippen LogP contribution in [0.25, 0.3) is 6.08 Å². The van der Waals surface area contributed by atoms with Gasteiger partial charge in [0.05, 0.1) is 4.91 Å². The van der Waals surface area contributed by atoms with Crippen LogP contribution in [0.3, 0.4) is 0 Å². The third kappa shape index (κ3) is 4.59. The molecular weight excluding hydrogens is 384 g/mol. The second-order valence-corrected chi connectivity index (χ2v) is 7.59. The highest BCUT2D eigenvalue weighted by Gasteiger charge is 2.36. The smallest absolute Gasteiger partial charge is 0.294 e. The molecule has 1 fully saturated rings. The molecule has 2 aromatic carbocycles. The monoisotopic (exact) mass is 400 g/mol. The summed E-state index contributed by atoms with van der Waals surface area (Å²) in [7, 11) is 0. The molecule has 27 heavy (non-hydrogen) atoms. The standard InChI is InChI=1S/C20H17ClN2O3S/c1-12-3-6-14(7-4-12)9-17-19(25)23(20(26)27-17)11-18(24)22-15-8-5-13(2)16(21)10-15/h3-10H,11H2,1-2H3,(H,22,24)/b17-9+. The van der Waals surface area contributed by atoms with Crippen LogP contribution in [0.2, 0.25) is 5.02 Å². The van der Waals surface area contributed by atoms with Crippen molar-refractivity contribution in [2.45, 2.75) is 13.8 Å². The van der Waals surface area contributed by atoms with Crippen molar-refractivity contribution in [1.29, 1.82) is 0 Å². The molecule has 0 radical (unpaired) electrons. The van der Waals surface area contributed by atoms with E-state index in [1.807, 2.05) is 38.1 Å². The molecule has 0 spiro atoms. The Morgan fingerprint density at radius 1 is 1.15 bits per heavy atom. The van der Waals surface area contributed by atoms with Gasteiger partial charge in [0.1, 0.15) is 6.54 Å². The molecule has 1 N–H and O–H groups in total. The summed E-state index contributed by atoms with van der Waals surface area (Å²) in [6.07, 6.45) is 1.65. The van der Waals surface area contributed by atoms with Gasteiger partial charge in [-0.1, -0.05) is 47.5 Å². The van der Waals surface area contributed by atoms with Gasteiger partial charge in [0.25, 0.3) is 11.1 Å². The maximum atomic E-state index is 12.5. The molecule has 0 aromatic heterocycles. The number of hydrogen-bond donors (Lipinski definition) is 1. The molecule has 2 aromatic rings. The van der Waals surface area contributed by atoms with Crippen LogP contribution in [-0.2, 0) is 9.59 Å². The van der Waals surface area contributed by atoms with Crippen molar-refractivity contribution < 1.29 is 14.4 Å². The van der Waals surface area contributed by atoms with Gasteiger partial charge in [-0.3, -0.25) is 19.3 Å². The normalized spacial score (nSPS) is 15.5. The Labute approximate surface area is 166 Å². The van der Waals surface area contributed by atoms with Crippen LogP contribution >= 0.6 is 23.4 Å². The van der Waals surface area contributed by atoms with E-state index in [0.29, 0.717) is 15.6 Å². The summed E-state index contributed by atoms with van der Waals surface area (Å²) in [5.41, 5.74) is 3.33. The summed E-state index contributed by atoms with van der Waals surface area (Å²) in [6.45, 7) is 3.48. The first-order valence-corrected chi connectivity index (χ1v) is 9.41. The van der Waals surface area contributed by atoms with Crippen LogP contribution in [0.4, 0.5) is 10.5 Å². The predicted molar refractivity (Wildman–Crippen MR) is 109 cm³/mol. The van der Waals surface area contributed by atoms with Crippen molar-refractivity contribution in [3.8, 4) is 0 Å². The topological polar surface area (TPSA) is 66.5 Å². The Morgan fingerprint density at radius 2 is 1.85 bits per heavy atom. The second kappa shape index (κ2) is 7.98. The lowest BCUT2D eigenvalue weighted by atomic mass is 10.1. The highest BCUT2D eigenvalue weighted by Crippen LogP contribution is 2.32. The fourth-order valence-corrected chi connectivity index (χ4v) is 3.48. The van der Waals surface area contributed by atoms with Gasteiger partial charge < -0.3 is 5.32 Å². The number of aryl methyl sites for hydroxylation is 2. The number of halogens is 1. The Kier molecular flexibility index (Phi) is 5.68. The van der Waals surface area contributed by atoms with E-state index in [4.69, 9.17) is 11.6 Å². The van der Waals surface area contributed by atoms with E-state index < -0.39 is 17.1 Å². The third-order valence-corrected chi connectivity index (χ3v) is 5.32. The molecule has 0 unspecified atom stereocenters. The minimum atomic E-state index is -0.470. The largest absolute Gasteiger partial charge is 0.324 e. The maximum Gasteiger partial charge on any atom is 0.294 e. The van der Waals surface area contributed by atoms with Crippen molar-refractivity contribution in [1.82, 2.24) is 4.90 Å². The molecule has 5 nitrogen and oxygen atoms in total. The van der Waals surface area contributed by atoms with E-state index >= 15 is 0 Å². The number of hydrogen-bond acceptors (Lipinski definition) is 4. The number of carbonyl (C=O) groups is 3. The number of benzene rings is 2. The number of nitrogens with zero attached hydrogens (tertiary/aromatic N) is 1. The molecule has 1 saturated heterocycles. The summed E-state index contributed by atoms with van der Waals surface area (Å²) in [6, 6.07) is 12.7. The van der Waals surface area contributed by atoms with Crippen molar-refractivity contribution in [3.63, 3.8) is 0 Å². The molecule has 0 saturated carbocycles. The lowest BCUT2D eigenvalue weighted by Gasteiger charge is -2.13. The van der Waals surface area contributed by atoms with E-state index in [-0.39, 0.29) is 6.54 Å². The zero-order valence-electron chi connectivity index (χ0n) is 14.8. The minimum absolute atomic E-state index is 0.301. The fraction of sp³-hybridized carbons (Fsp3) is 0.150. The summed E-state index contributed by atoms with van der Waals surface area (Å²) in [5, 5.41) is 2.72. The Balaban J connectivity index is 1.68. The molecule has 1 aliphatic heterocycles. The fourth-order valence-electron chi connectivity index (χ4n) is 2.47. The number of carbonyl (C=O) groups excluding carboxylic acids is 3. The Morgan fingerprint density at radius 3 is 2.52 bits per heavy atom. The van der Waals surface area contributed by atoms with E-state index in [9.17, 15) is 14.4 Å². The minimum Gasteiger partial charge on any atom is -0.324 e. The van der Waals surface area contributed by atoms with Gasteiger partial charge in [0.2, 0.25) is 5.91 Å². The summed E-state index contributed by atoms with van der Waals surface area (Å²) in [5.74, 6) is -0.934. The third-order valence-electron chi connectivity index (χ3n) is 4.01. The summed E-state index contributed by atoms with van der Waals surface area (Å²) >= 11 is 6.87. The number of amides is 3. The van der Waals surface area contributed by atoms with Crippen LogP contribution in [0.15, 0.2) is 47.4 Å². The quantitative estimate of drug-likeness (QED) is 0.759. The molecular formula is C20H17ClN2O3S. The average molecular weight is 401 g/mol. The van der Waals surface area contributed by atoms with Gasteiger partial charge >= 0.3 is 0 Å². The van der Waals surface area contributed by atoms with Gasteiger partial charge in [-0.15, -0.1) is 0 Å². The van der Waals surface area contributed by atoms with Crippen molar-refractivity contribution in [2.24, 2.45) is 0 Å².